The number of aromatic nitrogens is 1. The van der Waals surface area contributed by atoms with Crippen molar-refractivity contribution >= 4 is 17.4 Å². The number of halogens is 3. The molecule has 104 valence electrons. The van der Waals surface area contributed by atoms with E-state index in [1.807, 2.05) is 0 Å². The molecular weight excluding hydrogens is 271 g/mol. The van der Waals surface area contributed by atoms with Crippen LogP contribution in [0.5, 0.6) is 0 Å². The van der Waals surface area contributed by atoms with Gasteiger partial charge in [0.05, 0.1) is 0 Å². The maximum Gasteiger partial charge on any atom is 0.433 e. The van der Waals surface area contributed by atoms with Crippen LogP contribution in [0.25, 0.3) is 0 Å². The van der Waals surface area contributed by atoms with E-state index in [0.717, 1.165) is 12.3 Å². The lowest BCUT2D eigenvalue weighted by molar-refractivity contribution is -0.141. The summed E-state index contributed by atoms with van der Waals surface area (Å²) in [5.74, 6) is 0. The highest BCUT2D eigenvalue weighted by Gasteiger charge is 2.32. The minimum Gasteiger partial charge on any atom is -0.308 e. The van der Waals surface area contributed by atoms with Crippen molar-refractivity contribution in [2.45, 2.75) is 6.18 Å². The van der Waals surface area contributed by atoms with Crippen LogP contribution in [0.1, 0.15) is 5.69 Å². The second kappa shape index (κ2) is 5.60. The van der Waals surface area contributed by atoms with Crippen molar-refractivity contribution in [3.63, 3.8) is 0 Å². The number of amides is 2. The molecule has 2 rings (SSSR count). The van der Waals surface area contributed by atoms with Crippen LogP contribution in [0, 0.1) is 0 Å². The fraction of sp³-hybridized carbons (Fsp3) is 0.0769. The molecule has 4 nitrogen and oxygen atoms in total. The first-order valence-corrected chi connectivity index (χ1v) is 5.61. The highest BCUT2D eigenvalue weighted by atomic mass is 19.4. The van der Waals surface area contributed by atoms with Gasteiger partial charge in [-0.2, -0.15) is 13.2 Å². The molecule has 2 N–H and O–H groups in total. The number of hydrogen-bond donors (Lipinski definition) is 2. The van der Waals surface area contributed by atoms with E-state index < -0.39 is 17.9 Å². The number of carbonyl (C=O) groups excluding carboxylic acids is 1. The first kappa shape index (κ1) is 13.9. The lowest BCUT2D eigenvalue weighted by Gasteiger charge is -2.10. The number of pyridine rings is 1. The largest absolute Gasteiger partial charge is 0.433 e. The zero-order chi connectivity index (χ0) is 14.6. The molecule has 1 aromatic carbocycles. The van der Waals surface area contributed by atoms with Crippen LogP contribution in [-0.2, 0) is 6.18 Å². The van der Waals surface area contributed by atoms with E-state index in [-0.39, 0.29) is 5.69 Å². The molecule has 0 radical (unpaired) electrons. The van der Waals surface area contributed by atoms with Crippen LogP contribution in [-0.4, -0.2) is 11.0 Å². The predicted molar refractivity (Wildman–Crippen MR) is 68.3 cm³/mol. The normalized spacial score (nSPS) is 10.9. The fourth-order valence-electron chi connectivity index (χ4n) is 1.48. The molecule has 0 spiro atoms. The van der Waals surface area contributed by atoms with Gasteiger partial charge in [-0.05, 0) is 24.3 Å². The summed E-state index contributed by atoms with van der Waals surface area (Å²) >= 11 is 0. The number of hydrogen-bond acceptors (Lipinski definition) is 2. The number of alkyl halides is 3. The lowest BCUT2D eigenvalue weighted by atomic mass is 10.3. The van der Waals surface area contributed by atoms with Crippen molar-refractivity contribution in [1.82, 2.24) is 4.98 Å². The van der Waals surface area contributed by atoms with Gasteiger partial charge in [-0.15, -0.1) is 0 Å². The van der Waals surface area contributed by atoms with E-state index in [0.29, 0.717) is 5.69 Å². The van der Waals surface area contributed by atoms with Crippen LogP contribution < -0.4 is 10.6 Å². The number of nitrogens with one attached hydrogen (secondary N) is 2. The lowest BCUT2D eigenvalue weighted by Crippen LogP contribution is -2.20. The Morgan fingerprint density at radius 1 is 1.00 bits per heavy atom. The van der Waals surface area contributed by atoms with Crippen molar-refractivity contribution in [1.29, 1.82) is 0 Å². The summed E-state index contributed by atoms with van der Waals surface area (Å²) < 4.78 is 37.4. The molecule has 0 saturated carbocycles. The molecule has 0 atom stereocenters. The van der Waals surface area contributed by atoms with Crippen molar-refractivity contribution < 1.29 is 18.0 Å². The maximum atomic E-state index is 12.5. The Morgan fingerprint density at radius 2 is 1.65 bits per heavy atom. The Morgan fingerprint density at radius 3 is 2.30 bits per heavy atom. The maximum absolute atomic E-state index is 12.5. The molecule has 0 aliphatic rings. The van der Waals surface area contributed by atoms with Crippen LogP contribution in [0.4, 0.5) is 29.3 Å². The fourth-order valence-corrected chi connectivity index (χ4v) is 1.48. The summed E-state index contributed by atoms with van der Waals surface area (Å²) in [7, 11) is 0. The number of para-hydroxylation sites is 1. The summed E-state index contributed by atoms with van der Waals surface area (Å²) in [6, 6.07) is 9.97. The van der Waals surface area contributed by atoms with Crippen LogP contribution in [0.2, 0.25) is 0 Å². The number of benzene rings is 1. The molecular formula is C13H10F3N3O. The molecule has 2 amide bonds. The minimum atomic E-state index is -4.55. The summed E-state index contributed by atoms with van der Waals surface area (Å²) in [4.78, 5) is 14.8. The van der Waals surface area contributed by atoms with E-state index in [4.69, 9.17) is 0 Å². The number of nitrogens with zero attached hydrogens (tertiary/aromatic N) is 1. The summed E-state index contributed by atoms with van der Waals surface area (Å²) in [5, 5.41) is 4.81. The molecule has 0 saturated heterocycles. The molecule has 0 unspecified atom stereocenters. The third-order valence-corrected chi connectivity index (χ3v) is 2.34. The van der Waals surface area contributed by atoms with E-state index in [1.165, 1.54) is 6.07 Å². The van der Waals surface area contributed by atoms with Crippen LogP contribution >= 0.6 is 0 Å². The molecule has 0 bridgehead atoms. The van der Waals surface area contributed by atoms with Gasteiger partial charge in [-0.1, -0.05) is 18.2 Å². The van der Waals surface area contributed by atoms with Gasteiger partial charge in [-0.25, -0.2) is 4.79 Å². The van der Waals surface area contributed by atoms with Crippen molar-refractivity contribution in [3.05, 3.63) is 54.4 Å². The molecule has 0 aliphatic heterocycles. The Kier molecular flexibility index (Phi) is 3.88. The number of urea groups is 1. The van der Waals surface area contributed by atoms with Crippen LogP contribution in [0.3, 0.4) is 0 Å². The second-order valence-electron chi connectivity index (χ2n) is 3.87. The Balaban J connectivity index is 2.05. The van der Waals surface area contributed by atoms with Gasteiger partial charge >= 0.3 is 12.2 Å². The topological polar surface area (TPSA) is 54.0 Å². The highest BCUT2D eigenvalue weighted by Crippen LogP contribution is 2.28. The number of carbonyl (C=O) groups is 1. The molecule has 20 heavy (non-hydrogen) atoms. The van der Waals surface area contributed by atoms with Crippen molar-refractivity contribution in [2.75, 3.05) is 10.6 Å². The average molecular weight is 281 g/mol. The third kappa shape index (κ3) is 3.71. The van der Waals surface area contributed by atoms with E-state index in [2.05, 4.69) is 15.6 Å². The summed E-state index contributed by atoms with van der Waals surface area (Å²) in [6.45, 7) is 0. The Labute approximate surface area is 112 Å². The zero-order valence-corrected chi connectivity index (χ0v) is 10.1. The van der Waals surface area contributed by atoms with Gasteiger partial charge in [0.25, 0.3) is 0 Å². The Hall–Kier alpha value is -2.57. The molecule has 7 heteroatoms. The SMILES string of the molecule is O=C(Nc1ccccc1)Nc1ccnc(C(F)(F)F)c1. The van der Waals surface area contributed by atoms with Crippen molar-refractivity contribution in [2.24, 2.45) is 0 Å². The first-order chi connectivity index (χ1) is 9.45. The van der Waals surface area contributed by atoms with E-state index in [1.54, 1.807) is 30.3 Å². The summed E-state index contributed by atoms with van der Waals surface area (Å²) in [5.41, 5.74) is -0.508. The smallest absolute Gasteiger partial charge is 0.308 e. The minimum absolute atomic E-state index is 0.0146. The molecule has 0 aliphatic carbocycles. The number of anilines is 2. The molecule has 0 fully saturated rings. The monoisotopic (exact) mass is 281 g/mol. The van der Waals surface area contributed by atoms with Gasteiger partial charge < -0.3 is 10.6 Å². The zero-order valence-electron chi connectivity index (χ0n) is 10.1. The summed E-state index contributed by atoms with van der Waals surface area (Å²) in [6.07, 6.45) is -3.56. The molecule has 1 heterocycles. The second-order valence-corrected chi connectivity index (χ2v) is 3.87. The third-order valence-electron chi connectivity index (χ3n) is 2.34. The Bertz CT molecular complexity index is 599. The first-order valence-electron chi connectivity index (χ1n) is 5.61. The van der Waals surface area contributed by atoms with E-state index >= 15 is 0 Å². The quantitative estimate of drug-likeness (QED) is 0.881. The van der Waals surface area contributed by atoms with Gasteiger partial charge in [0, 0.05) is 17.6 Å². The molecule has 2 aromatic rings. The van der Waals surface area contributed by atoms with Gasteiger partial charge in [0.15, 0.2) is 0 Å². The van der Waals surface area contributed by atoms with Gasteiger partial charge in [-0.3, -0.25) is 4.98 Å². The molecule has 1 aromatic heterocycles. The van der Waals surface area contributed by atoms with E-state index in [9.17, 15) is 18.0 Å². The van der Waals surface area contributed by atoms with Gasteiger partial charge in [0.1, 0.15) is 5.69 Å². The standard InChI is InChI=1S/C13H10F3N3O/c14-13(15,16)11-8-10(6-7-17-11)19-12(20)18-9-4-2-1-3-5-9/h1-8H,(H2,17,18,19,20). The predicted octanol–water partition coefficient (Wildman–Crippen LogP) is 3.74. The average Bonchev–Trinajstić information content (AvgIpc) is 2.39. The number of rotatable bonds is 2. The highest BCUT2D eigenvalue weighted by molar-refractivity contribution is 5.99. The van der Waals surface area contributed by atoms with Crippen LogP contribution in [0.15, 0.2) is 48.7 Å². The van der Waals surface area contributed by atoms with Gasteiger partial charge in [0.2, 0.25) is 0 Å². The van der Waals surface area contributed by atoms with Crippen molar-refractivity contribution in [3.8, 4) is 0 Å².